The highest BCUT2D eigenvalue weighted by atomic mass is 79.9. The van der Waals surface area contributed by atoms with Gasteiger partial charge in [-0.25, -0.2) is 0 Å². The van der Waals surface area contributed by atoms with Crippen molar-refractivity contribution in [2.45, 2.75) is 156 Å². The molecule has 0 aromatic carbocycles. The number of hydrogen-bond donors (Lipinski definition) is 0. The minimum absolute atomic E-state index is 0. The molecule has 2 heteroatoms. The maximum Gasteiger partial charge on any atom is 0.0594 e. The fourth-order valence-electron chi connectivity index (χ4n) is 4.87. The monoisotopic (exact) mass is 507 g/mol. The van der Waals surface area contributed by atoms with E-state index in [2.05, 4.69) is 27.7 Å². The Hall–Kier alpha value is 0.910. The van der Waals surface area contributed by atoms with Gasteiger partial charge in [0.2, 0.25) is 0 Å². The topological polar surface area (TPSA) is 0 Å². The van der Waals surface area contributed by atoms with Crippen molar-refractivity contribution < 1.29 is 0 Å². The van der Waals surface area contributed by atoms with Crippen LogP contribution in [0.2, 0.25) is 0 Å². The molecule has 0 aliphatic carbocycles. The maximum absolute atomic E-state index is 2.35. The van der Waals surface area contributed by atoms with E-state index in [1.165, 1.54) is 103 Å². The Bertz CT molecular complexity index is 244. The van der Waals surface area contributed by atoms with Crippen LogP contribution in [-0.4, -0.2) is 24.6 Å². The Morgan fingerprint density at radius 2 is 0.500 bits per heavy atom. The number of hydrogen-bond acceptors (Lipinski definition) is 0. The van der Waals surface area contributed by atoms with Crippen LogP contribution >= 0.6 is 24.2 Å². The van der Waals surface area contributed by atoms with E-state index in [4.69, 9.17) is 0 Å². The van der Waals surface area contributed by atoms with E-state index in [0.29, 0.717) is 0 Å². The van der Waals surface area contributed by atoms with Crippen molar-refractivity contribution in [3.8, 4) is 0 Å². The van der Waals surface area contributed by atoms with Gasteiger partial charge in [-0.3, -0.25) is 0 Å². The van der Waals surface area contributed by atoms with E-state index < -0.39 is 7.26 Å². The Kier molecular flexibility index (Phi) is 28.9. The average molecular weight is 509 g/mol. The van der Waals surface area contributed by atoms with Crippen LogP contribution in [0.25, 0.3) is 0 Å². The van der Waals surface area contributed by atoms with E-state index in [-0.39, 0.29) is 17.0 Å². The first kappa shape index (κ1) is 33.1. The predicted octanol–water partition coefficient (Wildman–Crippen LogP) is 11.5. The SMILES string of the molecule is Br.CCCCCCC[P+](CCCCCCC)(CCCCCCC)CCCCCCC. The summed E-state index contributed by atoms with van der Waals surface area (Å²) in [6, 6.07) is 0. The van der Waals surface area contributed by atoms with Gasteiger partial charge in [0.15, 0.2) is 0 Å². The van der Waals surface area contributed by atoms with Crippen LogP contribution in [0.15, 0.2) is 0 Å². The number of rotatable bonds is 24. The summed E-state index contributed by atoms with van der Waals surface area (Å²) in [4.78, 5) is 0. The number of unbranched alkanes of at least 4 members (excludes halogenated alkanes) is 16. The molecular weight excluding hydrogens is 447 g/mol. The molecule has 30 heavy (non-hydrogen) atoms. The van der Waals surface area contributed by atoms with Gasteiger partial charge in [-0.05, 0) is 51.4 Å². The lowest BCUT2D eigenvalue weighted by molar-refractivity contribution is 0.636. The first-order valence-corrected chi connectivity index (χ1v) is 16.6. The van der Waals surface area contributed by atoms with Gasteiger partial charge >= 0.3 is 0 Å². The van der Waals surface area contributed by atoms with Crippen molar-refractivity contribution in [1.29, 1.82) is 0 Å². The third-order valence-corrected chi connectivity index (χ3v) is 12.0. The van der Waals surface area contributed by atoms with Crippen molar-refractivity contribution in [2.75, 3.05) is 24.6 Å². The zero-order valence-electron chi connectivity index (χ0n) is 21.8. The average Bonchev–Trinajstić information content (AvgIpc) is 2.73. The van der Waals surface area contributed by atoms with Crippen molar-refractivity contribution >= 4 is 24.2 Å². The second kappa shape index (κ2) is 26.2. The van der Waals surface area contributed by atoms with Gasteiger partial charge in [0.25, 0.3) is 0 Å². The van der Waals surface area contributed by atoms with Crippen LogP contribution in [0.5, 0.6) is 0 Å². The molecule has 0 nitrogen and oxygen atoms in total. The second-order valence-electron chi connectivity index (χ2n) is 9.89. The minimum atomic E-state index is -0.691. The lowest BCUT2D eigenvalue weighted by Crippen LogP contribution is -2.13. The van der Waals surface area contributed by atoms with Crippen molar-refractivity contribution in [3.63, 3.8) is 0 Å². The van der Waals surface area contributed by atoms with Crippen LogP contribution in [0.3, 0.4) is 0 Å². The van der Waals surface area contributed by atoms with Crippen molar-refractivity contribution in [1.82, 2.24) is 0 Å². The quantitative estimate of drug-likeness (QED) is 0.0898. The largest absolute Gasteiger partial charge is 0.114 e. The number of halogens is 1. The molecule has 0 aromatic rings. The van der Waals surface area contributed by atoms with Gasteiger partial charge in [0, 0.05) is 7.26 Å². The first-order chi connectivity index (χ1) is 14.2. The zero-order valence-corrected chi connectivity index (χ0v) is 24.4. The van der Waals surface area contributed by atoms with E-state index in [1.54, 1.807) is 50.3 Å². The highest BCUT2D eigenvalue weighted by Crippen LogP contribution is 2.61. The summed E-state index contributed by atoms with van der Waals surface area (Å²) in [5, 5.41) is 0. The van der Waals surface area contributed by atoms with Crippen LogP contribution < -0.4 is 0 Å². The van der Waals surface area contributed by atoms with Crippen molar-refractivity contribution in [2.24, 2.45) is 0 Å². The van der Waals surface area contributed by atoms with E-state index >= 15 is 0 Å². The first-order valence-electron chi connectivity index (χ1n) is 14.1. The molecule has 0 N–H and O–H groups in total. The Balaban J connectivity index is 0. The summed E-state index contributed by atoms with van der Waals surface area (Å²) >= 11 is 0. The van der Waals surface area contributed by atoms with Crippen LogP contribution in [0.1, 0.15) is 156 Å². The summed E-state index contributed by atoms with van der Waals surface area (Å²) in [6.07, 6.45) is 36.1. The molecular formula is C28H61BrP+. The third kappa shape index (κ3) is 20.8. The Labute approximate surface area is 204 Å². The highest BCUT2D eigenvalue weighted by Gasteiger charge is 2.34. The smallest absolute Gasteiger partial charge is 0.0594 e. The zero-order chi connectivity index (χ0) is 21.5. The highest BCUT2D eigenvalue weighted by molar-refractivity contribution is 8.93. The summed E-state index contributed by atoms with van der Waals surface area (Å²) in [5.41, 5.74) is 0. The molecule has 0 bridgehead atoms. The van der Waals surface area contributed by atoms with Gasteiger partial charge in [0.1, 0.15) is 0 Å². The second-order valence-corrected chi connectivity index (χ2v) is 14.4. The van der Waals surface area contributed by atoms with Crippen LogP contribution in [-0.2, 0) is 0 Å². The molecule has 0 atom stereocenters. The molecule has 0 aromatic heterocycles. The Morgan fingerprint density at radius 1 is 0.300 bits per heavy atom. The van der Waals surface area contributed by atoms with Gasteiger partial charge in [0.05, 0.1) is 24.6 Å². The maximum atomic E-state index is 2.35. The van der Waals surface area contributed by atoms with E-state index in [0.717, 1.165) is 0 Å². The molecule has 184 valence electrons. The molecule has 0 radical (unpaired) electrons. The molecule has 0 unspecified atom stereocenters. The summed E-state index contributed by atoms with van der Waals surface area (Å²) in [6.45, 7) is 9.39. The molecule has 0 spiro atoms. The predicted molar refractivity (Wildman–Crippen MR) is 152 cm³/mol. The summed E-state index contributed by atoms with van der Waals surface area (Å²) in [5.74, 6) is 0. The van der Waals surface area contributed by atoms with E-state index in [1.807, 2.05) is 0 Å². The molecule has 0 aliphatic heterocycles. The molecule has 0 amide bonds. The molecule has 0 heterocycles. The molecule has 0 saturated carbocycles. The summed E-state index contributed by atoms with van der Waals surface area (Å²) in [7, 11) is -0.691. The fraction of sp³-hybridized carbons (Fsp3) is 1.00. The van der Waals surface area contributed by atoms with Crippen LogP contribution in [0, 0.1) is 0 Å². The van der Waals surface area contributed by atoms with Gasteiger partial charge < -0.3 is 0 Å². The molecule has 0 fully saturated rings. The summed E-state index contributed by atoms with van der Waals surface area (Å²) < 4.78 is 0. The van der Waals surface area contributed by atoms with Gasteiger partial charge in [-0.2, -0.15) is 0 Å². The molecule has 0 rings (SSSR count). The molecule has 0 aliphatic rings. The standard InChI is InChI=1S/C28H60P.BrH/c1-5-9-13-17-21-25-29(26-22-18-14-10-6-2,27-23-19-15-11-7-3)28-24-20-16-12-8-4;/h5-28H2,1-4H3;1H/q+1;. The molecule has 0 saturated heterocycles. The lowest BCUT2D eigenvalue weighted by atomic mass is 10.2. The normalized spacial score (nSPS) is 11.6. The van der Waals surface area contributed by atoms with E-state index in [9.17, 15) is 0 Å². The van der Waals surface area contributed by atoms with Crippen molar-refractivity contribution in [3.05, 3.63) is 0 Å². The minimum Gasteiger partial charge on any atom is -0.114 e. The van der Waals surface area contributed by atoms with Crippen LogP contribution in [0.4, 0.5) is 0 Å². The van der Waals surface area contributed by atoms with Gasteiger partial charge in [-0.1, -0.05) is 105 Å². The lowest BCUT2D eigenvalue weighted by Gasteiger charge is -2.28. The van der Waals surface area contributed by atoms with Gasteiger partial charge in [-0.15, -0.1) is 17.0 Å². The fourth-order valence-corrected chi connectivity index (χ4v) is 9.79. The third-order valence-electron chi connectivity index (χ3n) is 6.94. The Morgan fingerprint density at radius 3 is 0.700 bits per heavy atom.